The maximum atomic E-state index is 6.98. The van der Waals surface area contributed by atoms with Gasteiger partial charge in [-0.1, -0.05) is 95.8 Å². The normalized spacial score (nSPS) is 12.9. The Bertz CT molecular complexity index is 3090. The second kappa shape index (κ2) is 12.6. The van der Waals surface area contributed by atoms with Gasteiger partial charge in [-0.15, -0.1) is 41.4 Å². The number of para-hydroxylation sites is 1. The van der Waals surface area contributed by atoms with Crippen LogP contribution < -0.4 is 9.80 Å². The number of hydrogen-bond acceptors (Lipinski definition) is 5. The summed E-state index contributed by atoms with van der Waals surface area (Å²) in [6, 6.07) is 56.4. The molecule has 7 heteroatoms. The van der Waals surface area contributed by atoms with Crippen LogP contribution in [0, 0.1) is 18.8 Å². The van der Waals surface area contributed by atoms with Crippen molar-refractivity contribution in [3.63, 3.8) is 0 Å². The van der Waals surface area contributed by atoms with Crippen molar-refractivity contribution in [1.82, 2.24) is 14.5 Å². The van der Waals surface area contributed by atoms with Crippen LogP contribution in [0.15, 0.2) is 163 Å². The summed E-state index contributed by atoms with van der Waals surface area (Å²) in [5.74, 6) is 0.838. The molecule has 1 aliphatic rings. The molecule has 0 fully saturated rings. The van der Waals surface area contributed by atoms with Crippen molar-refractivity contribution >= 4 is 88.0 Å². The van der Waals surface area contributed by atoms with E-state index in [-0.39, 0.29) is 21.1 Å². The van der Waals surface area contributed by atoms with Crippen molar-refractivity contribution < 1.29 is 25.5 Å². The molecule has 3 aromatic heterocycles. The zero-order valence-corrected chi connectivity index (χ0v) is 31.3. The molecule has 4 heterocycles. The smallest absolute Gasteiger partial charge is 0.159 e. The minimum atomic E-state index is 0. The number of rotatable bonds is 5. The van der Waals surface area contributed by atoms with E-state index < -0.39 is 0 Å². The van der Waals surface area contributed by atoms with Gasteiger partial charge in [0, 0.05) is 43.6 Å². The van der Waals surface area contributed by atoms with E-state index in [1.807, 2.05) is 55.4 Å². The second-order valence-corrected chi connectivity index (χ2v) is 13.5. The predicted octanol–water partition coefficient (Wildman–Crippen LogP) is 11.8. The van der Waals surface area contributed by atoms with Gasteiger partial charge < -0.3 is 23.7 Å². The van der Waals surface area contributed by atoms with Gasteiger partial charge in [0.1, 0.15) is 11.4 Å². The Hall–Kier alpha value is -6.36. The van der Waals surface area contributed by atoms with Crippen LogP contribution in [-0.2, 0) is 21.1 Å². The Labute approximate surface area is 326 Å². The summed E-state index contributed by atoms with van der Waals surface area (Å²) < 4.78 is 9.18. The van der Waals surface area contributed by atoms with Crippen molar-refractivity contribution in [3.8, 4) is 5.82 Å². The molecule has 0 saturated heterocycles. The number of aromatic nitrogens is 2. The number of benzene rings is 7. The molecule has 0 atom stereocenters. The zero-order chi connectivity index (χ0) is 35.0. The van der Waals surface area contributed by atoms with E-state index in [1.165, 1.54) is 10.8 Å². The topological polar surface area (TPSA) is 40.7 Å². The predicted molar refractivity (Wildman–Crippen MR) is 217 cm³/mol. The molecule has 0 N–H and O–H groups in total. The van der Waals surface area contributed by atoms with Crippen molar-refractivity contribution in [2.45, 2.75) is 0 Å². The molecule has 1 aliphatic heterocycles. The summed E-state index contributed by atoms with van der Waals surface area (Å²) >= 11 is 0. The van der Waals surface area contributed by atoms with E-state index in [1.54, 1.807) is 0 Å². The molecular weight excluding hydrogens is 846 g/mol. The van der Waals surface area contributed by atoms with E-state index in [0.717, 1.165) is 83.1 Å². The number of furan rings is 1. The van der Waals surface area contributed by atoms with Gasteiger partial charge in [-0.3, -0.25) is 0 Å². The van der Waals surface area contributed by atoms with Gasteiger partial charge in [0.05, 0.1) is 5.69 Å². The maximum absolute atomic E-state index is 6.98. The number of pyridine rings is 1. The summed E-state index contributed by atoms with van der Waals surface area (Å²) in [4.78, 5) is 11.1. The zero-order valence-electron chi connectivity index (χ0n) is 29.0. The fourth-order valence-electron chi connectivity index (χ4n) is 7.98. The maximum Gasteiger partial charge on any atom is 0.159 e. The van der Waals surface area contributed by atoms with Crippen molar-refractivity contribution in [3.05, 3.63) is 177 Å². The van der Waals surface area contributed by atoms with Crippen molar-refractivity contribution in [2.24, 2.45) is 0 Å². The summed E-state index contributed by atoms with van der Waals surface area (Å²) in [5.41, 5.74) is 7.21. The first-order valence-electron chi connectivity index (χ1n) is 17.7. The summed E-state index contributed by atoms with van der Waals surface area (Å²) in [7, 11) is 2.02. The summed E-state index contributed by atoms with van der Waals surface area (Å²) in [5, 5.41) is 9.06. The summed E-state index contributed by atoms with van der Waals surface area (Å²) in [6.07, 6.45) is 5.91. The first-order valence-corrected chi connectivity index (χ1v) is 17.7. The van der Waals surface area contributed by atoms with Gasteiger partial charge in [0.15, 0.2) is 5.58 Å². The third kappa shape index (κ3) is 4.94. The molecule has 0 radical (unpaired) electrons. The standard InChI is InChI=1S/C47H30N5O.Pt/c1-49-25-26-50(30-49)33-13-10-14-34(28-33)51(35-21-22-39-38-17-6-7-18-40(38)52(41(39)29-35)44-19-8-9-24-48-44)42-27-32-12-3-5-16-37(32)46-45-36-15-4-2-11-31(36)20-23-43(45)53-47(42)46;/h2-27,30H,1H3;/q-3;. The number of fused-ring (bicyclic) bond motifs is 10. The van der Waals surface area contributed by atoms with Crippen molar-refractivity contribution in [2.75, 3.05) is 16.8 Å². The monoisotopic (exact) mass is 875 g/mol. The van der Waals surface area contributed by atoms with Crippen LogP contribution >= 0.6 is 0 Å². The van der Waals surface area contributed by atoms with Gasteiger partial charge in [0.2, 0.25) is 0 Å². The average molecular weight is 876 g/mol. The van der Waals surface area contributed by atoms with Gasteiger partial charge >= 0.3 is 0 Å². The Morgan fingerprint density at radius 1 is 0.648 bits per heavy atom. The van der Waals surface area contributed by atoms with E-state index in [9.17, 15) is 0 Å². The van der Waals surface area contributed by atoms with Crippen molar-refractivity contribution in [1.29, 1.82) is 0 Å². The molecule has 0 unspecified atom stereocenters. The van der Waals surface area contributed by atoms with Crippen LogP contribution in [0.25, 0.3) is 71.1 Å². The fourth-order valence-corrected chi connectivity index (χ4v) is 7.98. The SMILES string of the molecule is CN1C=CN(c2[c-]c(N(c3[c-]c4c(cc3)c3ccccc3n4-c3ccccn3)c3cc4ccccc4c4c3oc3ccc5ccccc5c34)ccc2)[CH-]1.[Pt]. The minimum Gasteiger partial charge on any atom is -0.510 e. The largest absolute Gasteiger partial charge is 0.510 e. The van der Waals surface area contributed by atoms with Crippen LogP contribution in [0.1, 0.15) is 0 Å². The third-order valence-electron chi connectivity index (χ3n) is 10.3. The van der Waals surface area contributed by atoms with E-state index >= 15 is 0 Å². The average Bonchev–Trinajstić information content (AvgIpc) is 3.92. The molecule has 7 aromatic carbocycles. The number of hydrogen-bond donors (Lipinski definition) is 0. The van der Waals surface area contributed by atoms with Crippen LogP contribution in [-0.4, -0.2) is 21.5 Å². The van der Waals surface area contributed by atoms with E-state index in [2.05, 4.69) is 148 Å². The Morgan fingerprint density at radius 2 is 1.41 bits per heavy atom. The van der Waals surface area contributed by atoms with E-state index in [4.69, 9.17) is 9.40 Å². The molecular formula is C47H30N5OPt-3. The van der Waals surface area contributed by atoms with Crippen LogP contribution in [0.3, 0.4) is 0 Å². The quantitative estimate of drug-likeness (QED) is 0.161. The molecule has 0 bridgehead atoms. The molecule has 10 aromatic rings. The second-order valence-electron chi connectivity index (χ2n) is 13.5. The minimum absolute atomic E-state index is 0. The molecule has 0 spiro atoms. The van der Waals surface area contributed by atoms with Gasteiger partial charge in [-0.25, -0.2) is 4.98 Å². The molecule has 0 saturated carbocycles. The Kier molecular flexibility index (Phi) is 7.57. The first-order chi connectivity index (χ1) is 26.2. The van der Waals surface area contributed by atoms with Gasteiger partial charge in [-0.05, 0) is 76.7 Å². The Morgan fingerprint density at radius 3 is 2.22 bits per heavy atom. The molecule has 54 heavy (non-hydrogen) atoms. The number of anilines is 4. The molecule has 0 aliphatic carbocycles. The molecule has 262 valence electrons. The van der Waals surface area contributed by atoms with Crippen LogP contribution in [0.4, 0.5) is 22.7 Å². The molecule has 6 nitrogen and oxygen atoms in total. The first kappa shape index (κ1) is 32.3. The third-order valence-corrected chi connectivity index (χ3v) is 10.3. The summed E-state index contributed by atoms with van der Waals surface area (Å²) in [6.45, 7) is 2.04. The molecule has 11 rings (SSSR count). The van der Waals surface area contributed by atoms with Gasteiger partial charge in [-0.2, -0.15) is 18.8 Å². The van der Waals surface area contributed by atoms with Crippen LogP contribution in [0.2, 0.25) is 0 Å². The Balaban J connectivity index is 0.00000361. The molecule has 0 amide bonds. The van der Waals surface area contributed by atoms with E-state index in [0.29, 0.717) is 0 Å². The fraction of sp³-hybridized carbons (Fsp3) is 0.0213. The van der Waals surface area contributed by atoms with Gasteiger partial charge in [0.25, 0.3) is 0 Å². The van der Waals surface area contributed by atoms with Crippen LogP contribution in [0.5, 0.6) is 0 Å². The number of nitrogens with zero attached hydrogens (tertiary/aromatic N) is 5.